The summed E-state index contributed by atoms with van der Waals surface area (Å²) in [4.78, 5) is 12.2. The molecule has 0 saturated carbocycles. The van der Waals surface area contributed by atoms with Crippen molar-refractivity contribution < 1.29 is 22.7 Å². The Hall–Kier alpha value is -3.52. The molecule has 30 heavy (non-hydrogen) atoms. The molecule has 0 aliphatic carbocycles. The van der Waals surface area contributed by atoms with Crippen molar-refractivity contribution in [3.63, 3.8) is 0 Å². The van der Waals surface area contributed by atoms with Crippen LogP contribution in [0.4, 0.5) is 11.4 Å². The lowest BCUT2D eigenvalue weighted by Crippen LogP contribution is -2.20. The number of hydrogen-bond acceptors (Lipinski definition) is 5. The van der Waals surface area contributed by atoms with Crippen molar-refractivity contribution in [3.05, 3.63) is 78.4 Å². The largest absolute Gasteiger partial charge is 0.497 e. The number of sulfonamides is 1. The standard InChI is InChI=1S/C22H22N2O5S/c1-16-6-3-4-9-21(16)24-30(26,27)20-12-10-17(11-13-20)23-22(25)15-29-19-8-5-7-18(14-19)28-2/h3-14,24H,15H2,1-2H3,(H,23,25). The Bertz CT molecular complexity index is 1130. The minimum Gasteiger partial charge on any atom is -0.497 e. The third-order valence-electron chi connectivity index (χ3n) is 4.25. The van der Waals surface area contributed by atoms with E-state index in [9.17, 15) is 13.2 Å². The van der Waals surface area contributed by atoms with E-state index in [-0.39, 0.29) is 17.4 Å². The average Bonchev–Trinajstić information content (AvgIpc) is 2.74. The lowest BCUT2D eigenvalue weighted by atomic mass is 10.2. The monoisotopic (exact) mass is 426 g/mol. The molecule has 7 nitrogen and oxygen atoms in total. The predicted molar refractivity (Wildman–Crippen MR) is 116 cm³/mol. The maximum Gasteiger partial charge on any atom is 0.262 e. The molecule has 0 unspecified atom stereocenters. The molecule has 156 valence electrons. The molecule has 0 atom stereocenters. The number of benzene rings is 3. The van der Waals surface area contributed by atoms with Gasteiger partial charge in [0.2, 0.25) is 0 Å². The first-order chi connectivity index (χ1) is 14.4. The van der Waals surface area contributed by atoms with Crippen molar-refractivity contribution in [3.8, 4) is 11.5 Å². The summed E-state index contributed by atoms with van der Waals surface area (Å²) in [5.74, 6) is 0.767. The average molecular weight is 426 g/mol. The van der Waals surface area contributed by atoms with Crippen molar-refractivity contribution in [2.45, 2.75) is 11.8 Å². The van der Waals surface area contributed by atoms with Crippen LogP contribution in [0.25, 0.3) is 0 Å². The van der Waals surface area contributed by atoms with E-state index in [0.29, 0.717) is 22.9 Å². The second kappa shape index (κ2) is 9.32. The van der Waals surface area contributed by atoms with Crippen molar-refractivity contribution in [2.24, 2.45) is 0 Å². The van der Waals surface area contributed by atoms with E-state index in [1.54, 1.807) is 43.5 Å². The van der Waals surface area contributed by atoms with E-state index in [4.69, 9.17) is 9.47 Å². The molecule has 8 heteroatoms. The van der Waals surface area contributed by atoms with Crippen LogP contribution in [0.15, 0.2) is 77.7 Å². The highest BCUT2D eigenvalue weighted by molar-refractivity contribution is 7.92. The summed E-state index contributed by atoms with van der Waals surface area (Å²) < 4.78 is 38.3. The number of nitrogens with one attached hydrogen (secondary N) is 2. The van der Waals surface area contributed by atoms with Gasteiger partial charge >= 0.3 is 0 Å². The van der Waals surface area contributed by atoms with Crippen LogP contribution in [-0.4, -0.2) is 28.0 Å². The number of ether oxygens (including phenoxy) is 2. The summed E-state index contributed by atoms with van der Waals surface area (Å²) in [6.07, 6.45) is 0. The molecule has 2 N–H and O–H groups in total. The molecule has 0 heterocycles. The van der Waals surface area contributed by atoms with Gasteiger partial charge in [0, 0.05) is 11.8 Å². The fraction of sp³-hybridized carbons (Fsp3) is 0.136. The summed E-state index contributed by atoms with van der Waals surface area (Å²) in [7, 11) is -2.19. The Labute approximate surface area is 175 Å². The third kappa shape index (κ3) is 5.51. The van der Waals surface area contributed by atoms with Gasteiger partial charge in [-0.1, -0.05) is 24.3 Å². The number of aryl methyl sites for hydroxylation is 1. The Morgan fingerprint density at radius 2 is 1.63 bits per heavy atom. The van der Waals surface area contributed by atoms with Crippen LogP contribution in [0.1, 0.15) is 5.56 Å². The van der Waals surface area contributed by atoms with Gasteiger partial charge in [0.25, 0.3) is 15.9 Å². The van der Waals surface area contributed by atoms with Crippen LogP contribution >= 0.6 is 0 Å². The van der Waals surface area contributed by atoms with Crippen LogP contribution < -0.4 is 19.5 Å². The molecule has 0 aliphatic rings. The highest BCUT2D eigenvalue weighted by Gasteiger charge is 2.15. The molecule has 0 aliphatic heterocycles. The highest BCUT2D eigenvalue weighted by atomic mass is 32.2. The summed E-state index contributed by atoms with van der Waals surface area (Å²) in [6.45, 7) is 1.63. The van der Waals surface area contributed by atoms with E-state index in [1.807, 2.05) is 19.1 Å². The second-order valence-electron chi connectivity index (χ2n) is 6.46. The van der Waals surface area contributed by atoms with Gasteiger partial charge in [-0.15, -0.1) is 0 Å². The zero-order chi connectivity index (χ0) is 21.6. The topological polar surface area (TPSA) is 93.7 Å². The lowest BCUT2D eigenvalue weighted by molar-refractivity contribution is -0.118. The molecular formula is C22H22N2O5S. The first-order valence-electron chi connectivity index (χ1n) is 9.12. The lowest BCUT2D eigenvalue weighted by Gasteiger charge is -2.11. The van der Waals surface area contributed by atoms with Crippen LogP contribution in [0.2, 0.25) is 0 Å². The summed E-state index contributed by atoms with van der Waals surface area (Å²) in [5.41, 5.74) is 1.80. The molecule has 0 aromatic heterocycles. The predicted octanol–water partition coefficient (Wildman–Crippen LogP) is 3.82. The Kier molecular flexibility index (Phi) is 6.58. The fourth-order valence-electron chi connectivity index (χ4n) is 2.65. The Morgan fingerprint density at radius 1 is 0.933 bits per heavy atom. The van der Waals surface area contributed by atoms with Crippen molar-refractivity contribution in [1.82, 2.24) is 0 Å². The van der Waals surface area contributed by atoms with Gasteiger partial charge < -0.3 is 14.8 Å². The van der Waals surface area contributed by atoms with Gasteiger partial charge in [-0.25, -0.2) is 8.42 Å². The van der Waals surface area contributed by atoms with E-state index in [0.717, 1.165) is 5.56 Å². The number of carbonyl (C=O) groups excluding carboxylic acids is 1. The van der Waals surface area contributed by atoms with Gasteiger partial charge in [0.05, 0.1) is 17.7 Å². The number of hydrogen-bond donors (Lipinski definition) is 2. The molecule has 0 bridgehead atoms. The molecule has 3 rings (SSSR count). The number of methoxy groups -OCH3 is 1. The second-order valence-corrected chi connectivity index (χ2v) is 8.14. The summed E-state index contributed by atoms with van der Waals surface area (Å²) in [6, 6.07) is 20.0. The smallest absolute Gasteiger partial charge is 0.262 e. The molecule has 1 amide bonds. The summed E-state index contributed by atoms with van der Waals surface area (Å²) >= 11 is 0. The molecule has 3 aromatic carbocycles. The van der Waals surface area contributed by atoms with E-state index >= 15 is 0 Å². The minimum atomic E-state index is -3.73. The minimum absolute atomic E-state index is 0.0939. The Morgan fingerprint density at radius 3 is 2.33 bits per heavy atom. The molecule has 0 fully saturated rings. The molecular weight excluding hydrogens is 404 g/mol. The summed E-state index contributed by atoms with van der Waals surface area (Å²) in [5, 5.41) is 2.67. The van der Waals surface area contributed by atoms with Crippen molar-refractivity contribution >= 4 is 27.3 Å². The first kappa shape index (κ1) is 21.2. The van der Waals surface area contributed by atoms with E-state index in [2.05, 4.69) is 10.0 Å². The van der Waals surface area contributed by atoms with E-state index < -0.39 is 10.0 Å². The molecule has 3 aromatic rings. The highest BCUT2D eigenvalue weighted by Crippen LogP contribution is 2.21. The van der Waals surface area contributed by atoms with Gasteiger partial charge in [-0.05, 0) is 55.0 Å². The molecule has 0 saturated heterocycles. The number of carbonyl (C=O) groups is 1. The zero-order valence-electron chi connectivity index (χ0n) is 16.6. The number of para-hydroxylation sites is 1. The first-order valence-corrected chi connectivity index (χ1v) is 10.6. The Balaban J connectivity index is 1.59. The quantitative estimate of drug-likeness (QED) is 0.571. The van der Waals surface area contributed by atoms with Gasteiger partial charge in [0.15, 0.2) is 6.61 Å². The van der Waals surface area contributed by atoms with Crippen LogP contribution in [0.3, 0.4) is 0 Å². The van der Waals surface area contributed by atoms with Crippen molar-refractivity contribution in [1.29, 1.82) is 0 Å². The molecule has 0 radical (unpaired) electrons. The van der Waals surface area contributed by atoms with Gasteiger partial charge in [-0.3, -0.25) is 9.52 Å². The normalized spacial score (nSPS) is 10.9. The van der Waals surface area contributed by atoms with Crippen LogP contribution in [0.5, 0.6) is 11.5 Å². The number of anilines is 2. The zero-order valence-corrected chi connectivity index (χ0v) is 17.4. The maximum atomic E-state index is 12.6. The SMILES string of the molecule is COc1cccc(OCC(=O)Nc2ccc(S(=O)(=O)Nc3ccccc3C)cc2)c1. The van der Waals surface area contributed by atoms with Crippen molar-refractivity contribution in [2.75, 3.05) is 23.8 Å². The van der Waals surface area contributed by atoms with E-state index in [1.165, 1.54) is 24.3 Å². The number of rotatable bonds is 8. The van der Waals surface area contributed by atoms with Gasteiger partial charge in [0.1, 0.15) is 11.5 Å². The third-order valence-corrected chi connectivity index (χ3v) is 5.63. The number of amides is 1. The van der Waals surface area contributed by atoms with Crippen LogP contribution in [0, 0.1) is 6.92 Å². The van der Waals surface area contributed by atoms with Gasteiger partial charge in [-0.2, -0.15) is 0 Å². The van der Waals surface area contributed by atoms with Crippen LogP contribution in [-0.2, 0) is 14.8 Å². The maximum absolute atomic E-state index is 12.6. The molecule has 0 spiro atoms. The fourth-order valence-corrected chi connectivity index (χ4v) is 3.78.